The van der Waals surface area contributed by atoms with Crippen LogP contribution < -0.4 is 15.4 Å². The van der Waals surface area contributed by atoms with E-state index in [1.807, 2.05) is 26.0 Å². The van der Waals surface area contributed by atoms with Gasteiger partial charge >= 0.3 is 0 Å². The van der Waals surface area contributed by atoms with Crippen molar-refractivity contribution in [1.29, 1.82) is 0 Å². The van der Waals surface area contributed by atoms with Crippen LogP contribution in [0.4, 0.5) is 0 Å². The van der Waals surface area contributed by atoms with Gasteiger partial charge in [-0.05, 0) is 44.4 Å². The summed E-state index contributed by atoms with van der Waals surface area (Å²) in [6.07, 6.45) is 7.26. The monoisotopic (exact) mass is 471 g/mol. The first-order chi connectivity index (χ1) is 12.2. The second kappa shape index (κ2) is 12.0. The molecule has 1 aliphatic heterocycles. The van der Waals surface area contributed by atoms with Gasteiger partial charge in [0.2, 0.25) is 0 Å². The molecule has 1 saturated heterocycles. The summed E-state index contributed by atoms with van der Waals surface area (Å²) in [6.45, 7) is 8.20. The van der Waals surface area contributed by atoms with Crippen molar-refractivity contribution < 1.29 is 9.47 Å². The molecular weight excluding hydrogens is 441 g/mol. The fourth-order valence-electron chi connectivity index (χ4n) is 3.08. The standard InChI is InChI=1S/C20H29N3O2.HI/c1-4-13-22-19(21-5-2)23-16-20(11-14-24-15-12-20)17-7-9-18(10-8-17)25-6-3;/h1,7-10H,5-6,11-16H2,2-3H3,(H2,21,22,23);1H. The average Bonchev–Trinajstić information content (AvgIpc) is 2.65. The first kappa shape index (κ1) is 22.6. The summed E-state index contributed by atoms with van der Waals surface area (Å²) >= 11 is 0. The number of nitrogens with one attached hydrogen (secondary N) is 2. The lowest BCUT2D eigenvalue weighted by atomic mass is 9.74. The zero-order chi connectivity index (χ0) is 18.0. The minimum atomic E-state index is -0.0124. The fraction of sp³-hybridized carbons (Fsp3) is 0.550. The van der Waals surface area contributed by atoms with E-state index in [-0.39, 0.29) is 29.4 Å². The summed E-state index contributed by atoms with van der Waals surface area (Å²) in [5, 5.41) is 6.40. The smallest absolute Gasteiger partial charge is 0.192 e. The number of nitrogens with zero attached hydrogens (tertiary/aromatic N) is 1. The number of halogens is 1. The maximum atomic E-state index is 5.60. The number of benzene rings is 1. The molecule has 26 heavy (non-hydrogen) atoms. The minimum Gasteiger partial charge on any atom is -0.494 e. The Hall–Kier alpha value is -1.46. The van der Waals surface area contributed by atoms with Crippen LogP contribution in [0, 0.1) is 12.3 Å². The topological polar surface area (TPSA) is 54.9 Å². The predicted molar refractivity (Wildman–Crippen MR) is 118 cm³/mol. The van der Waals surface area contributed by atoms with E-state index < -0.39 is 0 Å². The van der Waals surface area contributed by atoms with Crippen LogP contribution >= 0.6 is 24.0 Å². The molecule has 1 aliphatic rings. The Morgan fingerprint density at radius 3 is 2.50 bits per heavy atom. The van der Waals surface area contributed by atoms with Gasteiger partial charge in [-0.2, -0.15) is 0 Å². The molecule has 1 heterocycles. The van der Waals surface area contributed by atoms with Crippen LogP contribution in [0.2, 0.25) is 0 Å². The number of hydrogen-bond donors (Lipinski definition) is 2. The lowest BCUT2D eigenvalue weighted by Crippen LogP contribution is -2.41. The highest BCUT2D eigenvalue weighted by Crippen LogP contribution is 2.36. The molecule has 0 unspecified atom stereocenters. The maximum absolute atomic E-state index is 5.60. The molecule has 0 saturated carbocycles. The number of terminal acetylenes is 1. The Morgan fingerprint density at radius 1 is 1.23 bits per heavy atom. The van der Waals surface area contributed by atoms with Crippen molar-refractivity contribution in [3.05, 3.63) is 29.8 Å². The normalized spacial score (nSPS) is 16.1. The number of ether oxygens (including phenoxy) is 2. The van der Waals surface area contributed by atoms with Crippen LogP contribution in [0.5, 0.6) is 5.75 Å². The van der Waals surface area contributed by atoms with Crippen molar-refractivity contribution >= 4 is 29.9 Å². The zero-order valence-electron chi connectivity index (χ0n) is 15.7. The zero-order valence-corrected chi connectivity index (χ0v) is 18.0. The van der Waals surface area contributed by atoms with Crippen molar-refractivity contribution in [3.8, 4) is 18.1 Å². The van der Waals surface area contributed by atoms with Gasteiger partial charge in [0, 0.05) is 25.2 Å². The molecule has 0 spiro atoms. The second-order valence-corrected chi connectivity index (χ2v) is 6.10. The van der Waals surface area contributed by atoms with Gasteiger partial charge in [-0.25, -0.2) is 0 Å². The van der Waals surface area contributed by atoms with Crippen molar-refractivity contribution in [2.45, 2.75) is 32.1 Å². The Balaban J connectivity index is 0.00000338. The van der Waals surface area contributed by atoms with Gasteiger partial charge in [0.1, 0.15) is 5.75 Å². The largest absolute Gasteiger partial charge is 0.494 e. The van der Waals surface area contributed by atoms with E-state index in [9.17, 15) is 0 Å². The van der Waals surface area contributed by atoms with Crippen molar-refractivity contribution in [3.63, 3.8) is 0 Å². The molecule has 5 nitrogen and oxygen atoms in total. The van der Waals surface area contributed by atoms with Crippen molar-refractivity contribution in [2.75, 3.05) is 39.5 Å². The highest BCUT2D eigenvalue weighted by atomic mass is 127. The second-order valence-electron chi connectivity index (χ2n) is 6.10. The number of hydrogen-bond acceptors (Lipinski definition) is 3. The van der Waals surface area contributed by atoms with Crippen LogP contribution in [0.15, 0.2) is 29.3 Å². The minimum absolute atomic E-state index is 0. The molecule has 0 atom stereocenters. The Morgan fingerprint density at radius 2 is 1.92 bits per heavy atom. The van der Waals surface area contributed by atoms with E-state index in [0.29, 0.717) is 19.7 Å². The van der Waals surface area contributed by atoms with Crippen molar-refractivity contribution in [2.24, 2.45) is 4.99 Å². The molecule has 2 N–H and O–H groups in total. The van der Waals surface area contributed by atoms with Gasteiger partial charge in [-0.1, -0.05) is 18.1 Å². The van der Waals surface area contributed by atoms with Gasteiger partial charge in [0.25, 0.3) is 0 Å². The summed E-state index contributed by atoms with van der Waals surface area (Å²) in [4.78, 5) is 4.79. The molecule has 0 bridgehead atoms. The fourth-order valence-corrected chi connectivity index (χ4v) is 3.08. The molecular formula is C20H30IN3O2. The van der Waals surface area contributed by atoms with Crippen LogP contribution in [0.25, 0.3) is 0 Å². The molecule has 0 aromatic heterocycles. The van der Waals surface area contributed by atoms with E-state index in [1.54, 1.807) is 0 Å². The Bertz CT molecular complexity index is 590. The average molecular weight is 471 g/mol. The van der Waals surface area contributed by atoms with Crippen LogP contribution in [0.3, 0.4) is 0 Å². The van der Waals surface area contributed by atoms with E-state index in [4.69, 9.17) is 20.9 Å². The lowest BCUT2D eigenvalue weighted by Gasteiger charge is -2.36. The third-order valence-electron chi connectivity index (χ3n) is 4.47. The number of guanidine groups is 1. The van der Waals surface area contributed by atoms with Gasteiger partial charge in [-0.15, -0.1) is 30.4 Å². The number of rotatable bonds is 7. The van der Waals surface area contributed by atoms with Gasteiger partial charge < -0.3 is 20.1 Å². The summed E-state index contributed by atoms with van der Waals surface area (Å²) in [7, 11) is 0. The van der Waals surface area contributed by atoms with Crippen LogP contribution in [-0.4, -0.2) is 45.4 Å². The Labute approximate surface area is 174 Å². The van der Waals surface area contributed by atoms with Gasteiger partial charge in [-0.3, -0.25) is 4.99 Å². The molecule has 6 heteroatoms. The van der Waals surface area contributed by atoms with Crippen LogP contribution in [-0.2, 0) is 10.2 Å². The van der Waals surface area contributed by atoms with E-state index in [0.717, 1.165) is 44.3 Å². The molecule has 2 rings (SSSR count). The lowest BCUT2D eigenvalue weighted by molar-refractivity contribution is 0.0531. The Kier molecular flexibility index (Phi) is 10.4. The molecule has 144 valence electrons. The molecule has 1 aromatic rings. The molecule has 0 radical (unpaired) electrons. The predicted octanol–water partition coefficient (Wildman–Crippen LogP) is 2.94. The molecule has 0 aliphatic carbocycles. The molecule has 1 fully saturated rings. The SMILES string of the molecule is C#CCNC(=NCC1(c2ccc(OCC)cc2)CCOCC1)NCC.I. The first-order valence-corrected chi connectivity index (χ1v) is 9.01. The third-order valence-corrected chi connectivity index (χ3v) is 4.47. The van der Waals surface area contributed by atoms with Gasteiger partial charge in [0.05, 0.1) is 19.7 Å². The van der Waals surface area contributed by atoms with Gasteiger partial charge in [0.15, 0.2) is 5.96 Å². The quantitative estimate of drug-likeness (QED) is 0.278. The van der Waals surface area contributed by atoms with Crippen LogP contribution in [0.1, 0.15) is 32.3 Å². The van der Waals surface area contributed by atoms with E-state index in [1.165, 1.54) is 5.56 Å². The summed E-state index contributed by atoms with van der Waals surface area (Å²) in [5.41, 5.74) is 1.28. The first-order valence-electron chi connectivity index (χ1n) is 9.01. The maximum Gasteiger partial charge on any atom is 0.192 e. The highest BCUT2D eigenvalue weighted by Gasteiger charge is 2.34. The van der Waals surface area contributed by atoms with E-state index in [2.05, 4.69) is 28.7 Å². The third kappa shape index (κ3) is 6.36. The summed E-state index contributed by atoms with van der Waals surface area (Å²) < 4.78 is 11.2. The van der Waals surface area contributed by atoms with Crippen molar-refractivity contribution in [1.82, 2.24) is 10.6 Å². The summed E-state index contributed by atoms with van der Waals surface area (Å²) in [5.74, 6) is 4.25. The molecule has 0 amide bonds. The molecule has 1 aromatic carbocycles. The number of aliphatic imine (C=N–C) groups is 1. The highest BCUT2D eigenvalue weighted by molar-refractivity contribution is 14.0. The van der Waals surface area contributed by atoms with E-state index >= 15 is 0 Å². The summed E-state index contributed by atoms with van der Waals surface area (Å²) in [6, 6.07) is 8.41.